The Morgan fingerprint density at radius 3 is 2.57 bits per heavy atom. The van der Waals surface area contributed by atoms with Gasteiger partial charge in [0.05, 0.1) is 0 Å². The molecule has 0 bridgehead atoms. The van der Waals surface area contributed by atoms with E-state index in [2.05, 4.69) is 5.32 Å². The molecule has 0 aliphatic rings. The summed E-state index contributed by atoms with van der Waals surface area (Å²) >= 11 is 0. The Bertz CT molecular complexity index is 87.7. The van der Waals surface area contributed by atoms with Gasteiger partial charge in [0.15, 0.2) is 0 Å². The lowest BCUT2D eigenvalue weighted by Crippen LogP contribution is -1.92. The molecule has 0 fully saturated rings. The average Bonchev–Trinajstić information content (AvgIpc) is 1.61. The second-order valence-corrected chi connectivity index (χ2v) is 0.970. The smallest absolute Gasteiger partial charge is 0.206 e. The molecule has 0 radical (unpaired) electrons. The van der Waals surface area contributed by atoms with Gasteiger partial charge in [-0.25, -0.2) is 0 Å². The zero-order valence-corrected chi connectivity index (χ0v) is 4.03. The Balaban J connectivity index is 3.26. The molecule has 0 spiro atoms. The monoisotopic (exact) mass is 102 g/mol. The van der Waals surface area contributed by atoms with Crippen LogP contribution in [0.2, 0.25) is 0 Å². The highest BCUT2D eigenvalue weighted by Crippen LogP contribution is 1.72. The minimum atomic E-state index is -0.936. The molecule has 0 aliphatic heterocycles. The molecule has 0 rings (SSSR count). The van der Waals surface area contributed by atoms with Gasteiger partial charge in [-0.3, -0.25) is 5.41 Å². The van der Waals surface area contributed by atoms with Gasteiger partial charge in [0.2, 0.25) is 5.97 Å². The van der Waals surface area contributed by atoms with Crippen LogP contribution < -0.4 is 5.32 Å². The topological polar surface area (TPSA) is 35.9 Å². The van der Waals surface area contributed by atoms with Crippen LogP contribution >= 0.6 is 0 Å². The molecule has 0 amide bonds. The molecule has 7 heavy (non-hydrogen) atoms. The van der Waals surface area contributed by atoms with E-state index in [0.717, 1.165) is 6.08 Å². The fourth-order valence-electron chi connectivity index (χ4n) is 0.156. The molecule has 2 N–H and O–H groups in total. The van der Waals surface area contributed by atoms with Crippen LogP contribution in [0.4, 0.5) is 4.39 Å². The molecule has 2 nitrogen and oxygen atoms in total. The summed E-state index contributed by atoms with van der Waals surface area (Å²) in [4.78, 5) is 0. The van der Waals surface area contributed by atoms with E-state index in [0.29, 0.717) is 0 Å². The van der Waals surface area contributed by atoms with E-state index in [1.807, 2.05) is 0 Å². The molecular formula is C4H7FN2. The van der Waals surface area contributed by atoms with Gasteiger partial charge < -0.3 is 5.32 Å². The summed E-state index contributed by atoms with van der Waals surface area (Å²) in [5, 5.41) is 8.74. The van der Waals surface area contributed by atoms with Crippen LogP contribution in [0.5, 0.6) is 0 Å². The lowest BCUT2D eigenvalue weighted by molar-refractivity contribution is 0.802. The highest BCUT2D eigenvalue weighted by molar-refractivity contribution is 5.83. The maximum Gasteiger partial charge on any atom is 0.206 e. The molecule has 40 valence electrons. The quantitative estimate of drug-likeness (QED) is 0.494. The zero-order valence-electron chi connectivity index (χ0n) is 4.03. The Morgan fingerprint density at radius 2 is 2.43 bits per heavy atom. The lowest BCUT2D eigenvalue weighted by atomic mass is 10.6. The van der Waals surface area contributed by atoms with Gasteiger partial charge in [-0.2, -0.15) is 4.39 Å². The molecule has 3 heteroatoms. The van der Waals surface area contributed by atoms with Crippen molar-refractivity contribution in [3.05, 3.63) is 12.3 Å². The van der Waals surface area contributed by atoms with Gasteiger partial charge in [-0.05, 0) is 0 Å². The highest BCUT2D eigenvalue weighted by Gasteiger charge is 1.75. The van der Waals surface area contributed by atoms with Crippen molar-refractivity contribution in [3.63, 3.8) is 0 Å². The summed E-state index contributed by atoms with van der Waals surface area (Å²) in [6.07, 6.45) is 2.38. The van der Waals surface area contributed by atoms with Gasteiger partial charge >= 0.3 is 0 Å². The third-order valence-electron chi connectivity index (χ3n) is 0.396. The van der Waals surface area contributed by atoms with Crippen molar-refractivity contribution in [3.8, 4) is 0 Å². The van der Waals surface area contributed by atoms with Crippen molar-refractivity contribution in [2.75, 3.05) is 7.05 Å². The second kappa shape index (κ2) is 3.33. The van der Waals surface area contributed by atoms with E-state index in [1.54, 1.807) is 7.05 Å². The molecule has 0 unspecified atom stereocenters. The lowest BCUT2D eigenvalue weighted by Gasteiger charge is -1.79. The molecule has 0 heterocycles. The van der Waals surface area contributed by atoms with Crippen molar-refractivity contribution in [2.24, 2.45) is 0 Å². The van der Waals surface area contributed by atoms with Crippen LogP contribution in [-0.4, -0.2) is 13.0 Å². The molecule has 0 aromatic carbocycles. The third-order valence-corrected chi connectivity index (χ3v) is 0.396. The normalized spacial score (nSPS) is 9.43. The van der Waals surface area contributed by atoms with E-state index in [4.69, 9.17) is 5.41 Å². The molecular weight excluding hydrogens is 95.1 g/mol. The summed E-state index contributed by atoms with van der Waals surface area (Å²) in [6.45, 7) is 0. The minimum absolute atomic E-state index is 0.936. The predicted molar refractivity (Wildman–Crippen MR) is 27.0 cm³/mol. The number of hydrogen-bond acceptors (Lipinski definition) is 2. The Labute approximate surface area is 41.5 Å². The summed E-state index contributed by atoms with van der Waals surface area (Å²) in [6, 6.07) is 0. The SMILES string of the molecule is CN/C=C\C(=N)F. The molecule has 0 saturated heterocycles. The minimum Gasteiger partial charge on any atom is -0.394 e. The van der Waals surface area contributed by atoms with Crippen LogP contribution in [0, 0.1) is 5.41 Å². The first-order valence-corrected chi connectivity index (χ1v) is 1.85. The van der Waals surface area contributed by atoms with E-state index >= 15 is 0 Å². The van der Waals surface area contributed by atoms with Crippen molar-refractivity contribution in [1.29, 1.82) is 5.41 Å². The van der Waals surface area contributed by atoms with Crippen LogP contribution in [0.1, 0.15) is 0 Å². The first-order chi connectivity index (χ1) is 3.27. The van der Waals surface area contributed by atoms with Crippen LogP contribution in [-0.2, 0) is 0 Å². The highest BCUT2D eigenvalue weighted by atomic mass is 19.1. The van der Waals surface area contributed by atoms with Gasteiger partial charge in [-0.15, -0.1) is 0 Å². The fourth-order valence-corrected chi connectivity index (χ4v) is 0.156. The number of halogens is 1. The first-order valence-electron chi connectivity index (χ1n) is 1.85. The van der Waals surface area contributed by atoms with Gasteiger partial charge in [-0.1, -0.05) is 0 Å². The standard InChI is InChI=1S/C4H7FN2/c1-7-3-2-4(5)6/h2-3,6-7H,1H3/b3-2-,6-4?. The van der Waals surface area contributed by atoms with Crippen LogP contribution in [0.3, 0.4) is 0 Å². The van der Waals surface area contributed by atoms with E-state index in [1.165, 1.54) is 6.20 Å². The van der Waals surface area contributed by atoms with Gasteiger partial charge in [0, 0.05) is 19.3 Å². The van der Waals surface area contributed by atoms with Gasteiger partial charge in [0.1, 0.15) is 0 Å². The first kappa shape index (κ1) is 6.14. The zero-order chi connectivity index (χ0) is 5.70. The Kier molecular flexibility index (Phi) is 2.92. The van der Waals surface area contributed by atoms with E-state index < -0.39 is 5.97 Å². The Morgan fingerprint density at radius 1 is 1.86 bits per heavy atom. The fraction of sp³-hybridized carbons (Fsp3) is 0.250. The van der Waals surface area contributed by atoms with Crippen molar-refractivity contribution in [2.45, 2.75) is 0 Å². The largest absolute Gasteiger partial charge is 0.394 e. The van der Waals surface area contributed by atoms with E-state index in [-0.39, 0.29) is 0 Å². The molecule has 0 saturated carbocycles. The maximum atomic E-state index is 11.3. The second-order valence-electron chi connectivity index (χ2n) is 0.970. The number of rotatable bonds is 2. The van der Waals surface area contributed by atoms with Gasteiger partial charge in [0.25, 0.3) is 0 Å². The molecule has 0 atom stereocenters. The predicted octanol–water partition coefficient (Wildman–Crippen LogP) is 0.666. The van der Waals surface area contributed by atoms with Crippen LogP contribution in [0.25, 0.3) is 0 Å². The summed E-state index contributed by atoms with van der Waals surface area (Å²) in [5.41, 5.74) is 0. The number of hydrogen-bond donors (Lipinski definition) is 2. The number of allylic oxidation sites excluding steroid dienone is 1. The third kappa shape index (κ3) is 5.14. The van der Waals surface area contributed by atoms with Crippen molar-refractivity contribution < 1.29 is 4.39 Å². The molecule has 0 aromatic heterocycles. The van der Waals surface area contributed by atoms with Crippen molar-refractivity contribution in [1.82, 2.24) is 5.32 Å². The molecule has 0 aliphatic carbocycles. The maximum absolute atomic E-state index is 11.3. The average molecular weight is 102 g/mol. The van der Waals surface area contributed by atoms with Crippen molar-refractivity contribution >= 4 is 5.97 Å². The van der Waals surface area contributed by atoms with Crippen LogP contribution in [0.15, 0.2) is 12.3 Å². The summed E-state index contributed by atoms with van der Waals surface area (Å²) in [5.74, 6) is -0.936. The molecule has 0 aromatic rings. The van der Waals surface area contributed by atoms with E-state index in [9.17, 15) is 4.39 Å². The Hall–Kier alpha value is -0.860. The summed E-state index contributed by atoms with van der Waals surface area (Å²) < 4.78 is 11.3. The summed E-state index contributed by atoms with van der Waals surface area (Å²) in [7, 11) is 1.64. The number of nitrogens with one attached hydrogen (secondary N) is 2.